The van der Waals surface area contributed by atoms with E-state index in [4.69, 9.17) is 9.26 Å². The van der Waals surface area contributed by atoms with E-state index in [1.165, 1.54) is 0 Å². The van der Waals surface area contributed by atoms with Crippen LogP contribution in [0.2, 0.25) is 0 Å². The second-order valence-electron chi connectivity index (χ2n) is 5.94. The normalized spacial score (nSPS) is 12.9. The number of ether oxygens (including phenoxy) is 1. The third kappa shape index (κ3) is 3.07. The van der Waals surface area contributed by atoms with Crippen LogP contribution in [0.25, 0.3) is 11.0 Å². The summed E-state index contributed by atoms with van der Waals surface area (Å²) >= 11 is 0. The van der Waals surface area contributed by atoms with Crippen LogP contribution in [0.15, 0.2) is 10.7 Å². The van der Waals surface area contributed by atoms with Crippen LogP contribution in [0.3, 0.4) is 0 Å². The number of fused-ring (bicyclic) bond motifs is 1. The molecule has 0 aliphatic heterocycles. The largest absolute Gasteiger partial charge is 0.377 e. The Kier molecular flexibility index (Phi) is 4.43. The van der Waals surface area contributed by atoms with Crippen molar-refractivity contribution in [3.63, 3.8) is 0 Å². The molecule has 3 aromatic rings. The molecule has 1 N–H and O–H groups in total. The highest BCUT2D eigenvalue weighted by Crippen LogP contribution is 2.24. The third-order valence-corrected chi connectivity index (χ3v) is 3.61. The van der Waals surface area contributed by atoms with E-state index in [-0.39, 0.29) is 12.0 Å². The molecule has 0 amide bonds. The highest BCUT2D eigenvalue weighted by Gasteiger charge is 2.19. The fraction of sp³-hybridized carbons (Fsp3) is 0.533. The van der Waals surface area contributed by atoms with Gasteiger partial charge in [-0.1, -0.05) is 19.0 Å². The lowest BCUT2D eigenvalue weighted by Crippen LogP contribution is -2.11. The zero-order valence-electron chi connectivity index (χ0n) is 14.4. The van der Waals surface area contributed by atoms with Crippen LogP contribution in [-0.2, 0) is 18.4 Å². The number of aromatic nitrogens is 6. The molecule has 9 heteroatoms. The predicted molar refractivity (Wildman–Crippen MR) is 87.4 cm³/mol. The van der Waals surface area contributed by atoms with Crippen molar-refractivity contribution in [2.24, 2.45) is 7.05 Å². The number of nitrogens with zero attached hydrogens (tertiary/aromatic N) is 6. The van der Waals surface area contributed by atoms with E-state index < -0.39 is 0 Å². The first-order valence-corrected chi connectivity index (χ1v) is 7.77. The molecule has 9 nitrogen and oxygen atoms in total. The molecule has 3 heterocycles. The maximum absolute atomic E-state index is 5.34. The fourth-order valence-corrected chi connectivity index (χ4v) is 2.30. The van der Waals surface area contributed by atoms with Gasteiger partial charge in [0.25, 0.3) is 0 Å². The Balaban J connectivity index is 1.92. The second kappa shape index (κ2) is 6.52. The molecule has 0 fully saturated rings. The van der Waals surface area contributed by atoms with E-state index >= 15 is 0 Å². The van der Waals surface area contributed by atoms with Crippen LogP contribution in [0.4, 0.5) is 5.82 Å². The van der Waals surface area contributed by atoms with Gasteiger partial charge in [0, 0.05) is 20.1 Å². The number of methoxy groups -OCH3 is 1. The van der Waals surface area contributed by atoms with Gasteiger partial charge in [-0.25, -0.2) is 9.97 Å². The van der Waals surface area contributed by atoms with Crippen molar-refractivity contribution in [3.8, 4) is 0 Å². The van der Waals surface area contributed by atoms with Crippen molar-refractivity contribution in [3.05, 3.63) is 23.7 Å². The molecule has 0 unspecified atom stereocenters. The van der Waals surface area contributed by atoms with Crippen LogP contribution >= 0.6 is 0 Å². The Hall–Kier alpha value is -2.55. The van der Waals surface area contributed by atoms with Gasteiger partial charge < -0.3 is 14.6 Å². The highest BCUT2D eigenvalue weighted by molar-refractivity contribution is 5.86. The lowest BCUT2D eigenvalue weighted by molar-refractivity contribution is 0.178. The zero-order valence-corrected chi connectivity index (χ0v) is 14.4. The van der Waals surface area contributed by atoms with E-state index in [1.807, 2.05) is 27.8 Å². The zero-order chi connectivity index (χ0) is 17.3. The maximum atomic E-state index is 5.34. The Labute approximate surface area is 139 Å². The van der Waals surface area contributed by atoms with Crippen LogP contribution in [0.5, 0.6) is 0 Å². The number of hydrogen-bond acceptors (Lipinski definition) is 8. The van der Waals surface area contributed by atoms with Crippen molar-refractivity contribution < 1.29 is 9.26 Å². The van der Waals surface area contributed by atoms with Crippen LogP contribution < -0.4 is 5.32 Å². The standard InChI is InChI=1S/C15H21N7O2/c1-8(2)12-20-15(24-21-12)9(3)17-13-10-6-16-22(4)14(10)19-11(18-13)7-23-5/h6,8-9H,7H2,1-5H3,(H,17,18,19)/t9-/m1/s1. The number of anilines is 1. The first kappa shape index (κ1) is 16.3. The average molecular weight is 331 g/mol. The Morgan fingerprint density at radius 3 is 2.71 bits per heavy atom. The van der Waals surface area contributed by atoms with Gasteiger partial charge in [0.1, 0.15) is 18.5 Å². The van der Waals surface area contributed by atoms with Gasteiger partial charge in [-0.15, -0.1) is 0 Å². The molecule has 24 heavy (non-hydrogen) atoms. The number of hydrogen-bond donors (Lipinski definition) is 1. The molecule has 0 aliphatic carbocycles. The summed E-state index contributed by atoms with van der Waals surface area (Å²) in [7, 11) is 3.45. The molecule has 3 rings (SSSR count). The summed E-state index contributed by atoms with van der Waals surface area (Å²) < 4.78 is 12.2. The number of nitrogens with one attached hydrogen (secondary N) is 1. The van der Waals surface area contributed by atoms with E-state index in [0.717, 1.165) is 11.0 Å². The molecule has 3 aromatic heterocycles. The molecule has 0 bridgehead atoms. The lowest BCUT2D eigenvalue weighted by Gasteiger charge is -2.12. The number of aryl methyl sites for hydroxylation is 1. The fourth-order valence-electron chi connectivity index (χ4n) is 2.30. The molecule has 0 spiro atoms. The molecule has 0 saturated carbocycles. The molecule has 0 aromatic carbocycles. The van der Waals surface area contributed by atoms with Gasteiger partial charge in [-0.05, 0) is 6.92 Å². The van der Waals surface area contributed by atoms with Crippen LogP contribution in [-0.4, -0.2) is 37.0 Å². The second-order valence-corrected chi connectivity index (χ2v) is 5.94. The smallest absolute Gasteiger partial charge is 0.248 e. The average Bonchev–Trinajstić information content (AvgIpc) is 3.16. The van der Waals surface area contributed by atoms with Crippen LogP contribution in [0.1, 0.15) is 50.3 Å². The van der Waals surface area contributed by atoms with Crippen molar-refractivity contribution >= 4 is 16.9 Å². The summed E-state index contributed by atoms with van der Waals surface area (Å²) in [5.74, 6) is 2.66. The van der Waals surface area contributed by atoms with Gasteiger partial charge in [0.05, 0.1) is 11.6 Å². The first-order chi connectivity index (χ1) is 11.5. The molecular formula is C15H21N7O2. The molecular weight excluding hydrogens is 310 g/mol. The van der Waals surface area contributed by atoms with E-state index in [2.05, 4.69) is 30.5 Å². The summed E-state index contributed by atoms with van der Waals surface area (Å²) in [6, 6.07) is -0.196. The summed E-state index contributed by atoms with van der Waals surface area (Å²) in [6.45, 7) is 6.31. The van der Waals surface area contributed by atoms with E-state index in [9.17, 15) is 0 Å². The van der Waals surface area contributed by atoms with Gasteiger partial charge in [0.2, 0.25) is 5.89 Å². The quantitative estimate of drug-likeness (QED) is 0.733. The summed E-state index contributed by atoms with van der Waals surface area (Å²) in [5.41, 5.74) is 0.736. The monoisotopic (exact) mass is 331 g/mol. The Morgan fingerprint density at radius 2 is 2.04 bits per heavy atom. The first-order valence-electron chi connectivity index (χ1n) is 7.77. The third-order valence-electron chi connectivity index (χ3n) is 3.61. The van der Waals surface area contributed by atoms with Gasteiger partial charge in [-0.2, -0.15) is 10.1 Å². The maximum Gasteiger partial charge on any atom is 0.248 e. The van der Waals surface area contributed by atoms with Crippen LogP contribution in [0, 0.1) is 0 Å². The predicted octanol–water partition coefficient (Wildman–Crippen LogP) is 2.19. The molecule has 0 radical (unpaired) electrons. The van der Waals surface area contributed by atoms with Gasteiger partial charge in [-0.3, -0.25) is 4.68 Å². The SMILES string of the molecule is COCc1nc(N[C@H](C)c2nc(C(C)C)no2)c2cnn(C)c2n1. The van der Waals surface area contributed by atoms with Gasteiger partial charge in [0.15, 0.2) is 17.3 Å². The van der Waals surface area contributed by atoms with Crippen molar-refractivity contribution in [1.82, 2.24) is 29.9 Å². The topological polar surface area (TPSA) is 104 Å². The molecule has 0 aliphatic rings. The van der Waals surface area contributed by atoms with E-state index in [0.29, 0.717) is 30.0 Å². The summed E-state index contributed by atoms with van der Waals surface area (Å²) in [6.07, 6.45) is 1.73. The van der Waals surface area contributed by atoms with Crippen molar-refractivity contribution in [2.45, 2.75) is 39.3 Å². The summed E-state index contributed by atoms with van der Waals surface area (Å²) in [4.78, 5) is 13.4. The van der Waals surface area contributed by atoms with Gasteiger partial charge >= 0.3 is 0 Å². The Bertz CT molecular complexity index is 840. The minimum atomic E-state index is -0.196. The molecule has 1 atom stereocenters. The Morgan fingerprint density at radius 1 is 1.25 bits per heavy atom. The van der Waals surface area contributed by atoms with Crippen molar-refractivity contribution in [2.75, 3.05) is 12.4 Å². The molecule has 128 valence electrons. The molecule has 0 saturated heterocycles. The minimum Gasteiger partial charge on any atom is -0.377 e. The van der Waals surface area contributed by atoms with E-state index in [1.54, 1.807) is 18.0 Å². The summed E-state index contributed by atoms with van der Waals surface area (Å²) in [5, 5.41) is 12.4. The lowest BCUT2D eigenvalue weighted by atomic mass is 10.2. The number of rotatable bonds is 6. The minimum absolute atomic E-state index is 0.196. The highest BCUT2D eigenvalue weighted by atomic mass is 16.5. The van der Waals surface area contributed by atoms with Crippen molar-refractivity contribution in [1.29, 1.82) is 0 Å².